The third-order valence-corrected chi connectivity index (χ3v) is 4.59. The van der Waals surface area contributed by atoms with Gasteiger partial charge in [-0.05, 0) is 48.5 Å². The van der Waals surface area contributed by atoms with E-state index in [-0.39, 0.29) is 12.5 Å². The lowest BCUT2D eigenvalue weighted by atomic mass is 10.2. The van der Waals surface area contributed by atoms with Crippen molar-refractivity contribution < 1.29 is 14.3 Å². The first-order valence-electron chi connectivity index (χ1n) is 9.03. The number of anilines is 1. The second-order valence-corrected chi connectivity index (χ2v) is 7.36. The van der Waals surface area contributed by atoms with Gasteiger partial charge in [-0.15, -0.1) is 0 Å². The van der Waals surface area contributed by atoms with Crippen LogP contribution in [0.25, 0.3) is 11.0 Å². The molecule has 0 aliphatic rings. The summed E-state index contributed by atoms with van der Waals surface area (Å²) < 4.78 is 11.3. The maximum atomic E-state index is 12.3. The minimum Gasteiger partial charge on any atom is -0.484 e. The number of carbonyl (C=O) groups is 1. The number of nitriles is 1. The molecule has 3 aromatic carbocycles. The average Bonchev–Trinajstić information content (AvgIpc) is 3.19. The van der Waals surface area contributed by atoms with Crippen molar-refractivity contribution in [1.29, 1.82) is 5.26 Å². The van der Waals surface area contributed by atoms with Gasteiger partial charge in [0.1, 0.15) is 17.2 Å². The van der Waals surface area contributed by atoms with Gasteiger partial charge in [0.05, 0.1) is 29.0 Å². The predicted octanol–water partition coefficient (Wildman–Crippen LogP) is 5.55. The van der Waals surface area contributed by atoms with E-state index in [0.717, 1.165) is 11.0 Å². The van der Waals surface area contributed by atoms with Crippen LogP contribution in [0.2, 0.25) is 10.0 Å². The number of imidazole rings is 1. The van der Waals surface area contributed by atoms with E-state index < -0.39 is 0 Å². The van der Waals surface area contributed by atoms with E-state index in [1.165, 1.54) is 6.07 Å². The molecule has 0 aliphatic heterocycles. The van der Waals surface area contributed by atoms with Crippen LogP contribution in [-0.2, 0) is 4.79 Å². The molecule has 0 fully saturated rings. The Morgan fingerprint density at radius 2 is 1.77 bits per heavy atom. The van der Waals surface area contributed by atoms with E-state index in [4.69, 9.17) is 37.9 Å². The van der Waals surface area contributed by atoms with Crippen molar-refractivity contribution in [1.82, 2.24) is 9.97 Å². The van der Waals surface area contributed by atoms with Gasteiger partial charge in [0.2, 0.25) is 0 Å². The number of aromatic nitrogens is 2. The molecule has 0 aliphatic carbocycles. The summed E-state index contributed by atoms with van der Waals surface area (Å²) in [5.41, 5.74) is 2.61. The van der Waals surface area contributed by atoms with Crippen LogP contribution in [0, 0.1) is 11.3 Å². The van der Waals surface area contributed by atoms with E-state index in [2.05, 4.69) is 15.3 Å². The summed E-state index contributed by atoms with van der Waals surface area (Å²) in [6.07, 6.45) is 1.59. The van der Waals surface area contributed by atoms with Gasteiger partial charge >= 0.3 is 0 Å². The fraction of sp³-hybridized carbons (Fsp3) is 0.0455. The lowest BCUT2D eigenvalue weighted by Gasteiger charge is -2.11. The largest absolute Gasteiger partial charge is 0.484 e. The Morgan fingerprint density at radius 1 is 1.03 bits per heavy atom. The molecular formula is C22H14Cl2N4O3. The zero-order valence-electron chi connectivity index (χ0n) is 15.9. The number of hydrogen-bond acceptors (Lipinski definition) is 5. The molecule has 4 aromatic rings. The number of H-pyrrole nitrogens is 1. The highest BCUT2D eigenvalue weighted by Gasteiger charge is 2.09. The van der Waals surface area contributed by atoms with Crippen molar-refractivity contribution in [3.63, 3.8) is 0 Å². The van der Waals surface area contributed by atoms with Crippen LogP contribution >= 0.6 is 23.2 Å². The smallest absolute Gasteiger partial charge is 0.262 e. The molecule has 0 spiro atoms. The minimum atomic E-state index is -0.338. The number of benzene rings is 3. The van der Waals surface area contributed by atoms with Gasteiger partial charge in [-0.1, -0.05) is 23.2 Å². The molecule has 9 heteroatoms. The number of aromatic amines is 1. The molecule has 7 nitrogen and oxygen atoms in total. The second kappa shape index (κ2) is 8.96. The molecule has 1 heterocycles. The van der Waals surface area contributed by atoms with E-state index >= 15 is 0 Å². The van der Waals surface area contributed by atoms with Gasteiger partial charge < -0.3 is 19.8 Å². The van der Waals surface area contributed by atoms with E-state index in [0.29, 0.717) is 38.5 Å². The zero-order valence-corrected chi connectivity index (χ0v) is 17.4. The summed E-state index contributed by atoms with van der Waals surface area (Å²) in [7, 11) is 0. The van der Waals surface area contributed by atoms with Crippen LogP contribution in [0.1, 0.15) is 5.56 Å². The van der Waals surface area contributed by atoms with E-state index in [1.807, 2.05) is 6.07 Å². The van der Waals surface area contributed by atoms with E-state index in [9.17, 15) is 4.79 Å². The van der Waals surface area contributed by atoms with Crippen LogP contribution in [0.15, 0.2) is 60.9 Å². The number of nitrogens with one attached hydrogen (secondary N) is 2. The number of hydrogen-bond donors (Lipinski definition) is 2. The molecule has 0 unspecified atom stereocenters. The fourth-order valence-corrected chi connectivity index (χ4v) is 3.30. The normalized spacial score (nSPS) is 10.5. The Bertz CT molecular complexity index is 1310. The number of nitrogens with zero attached hydrogens (tertiary/aromatic N) is 2. The van der Waals surface area contributed by atoms with Gasteiger partial charge in [0.25, 0.3) is 5.91 Å². The SMILES string of the molecule is N#Cc1cc(Cl)cc(Oc2cc(Cl)cc(OCC(=O)Nc3ccc4nc[nH]c4c3)c2)c1. The van der Waals surface area contributed by atoms with Crippen molar-refractivity contribution in [2.24, 2.45) is 0 Å². The molecule has 0 atom stereocenters. The van der Waals surface area contributed by atoms with Gasteiger partial charge in [0, 0.05) is 21.8 Å². The molecule has 0 saturated carbocycles. The van der Waals surface area contributed by atoms with Crippen LogP contribution in [0.4, 0.5) is 5.69 Å². The highest BCUT2D eigenvalue weighted by molar-refractivity contribution is 6.31. The van der Waals surface area contributed by atoms with Crippen LogP contribution in [0.5, 0.6) is 17.2 Å². The highest BCUT2D eigenvalue weighted by atomic mass is 35.5. The quantitative estimate of drug-likeness (QED) is 0.399. The van der Waals surface area contributed by atoms with Gasteiger partial charge in [0.15, 0.2) is 6.61 Å². The standard InChI is InChI=1S/C22H14Cl2N4O3/c23-14-3-13(10-25)4-18(6-14)31-19-7-15(24)5-17(9-19)30-11-22(29)28-16-1-2-20-21(8-16)27-12-26-20/h1-9,12H,11H2,(H,26,27)(H,28,29). The fourth-order valence-electron chi connectivity index (χ4n) is 2.86. The maximum absolute atomic E-state index is 12.3. The highest BCUT2D eigenvalue weighted by Crippen LogP contribution is 2.31. The van der Waals surface area contributed by atoms with Crippen molar-refractivity contribution in [2.75, 3.05) is 11.9 Å². The Hall–Kier alpha value is -3.73. The molecular weight excluding hydrogens is 439 g/mol. The number of carbonyl (C=O) groups excluding carboxylic acids is 1. The van der Waals surface area contributed by atoms with Crippen molar-refractivity contribution in [2.45, 2.75) is 0 Å². The number of ether oxygens (including phenoxy) is 2. The molecule has 1 amide bonds. The molecule has 2 N–H and O–H groups in total. The Morgan fingerprint density at radius 3 is 2.58 bits per heavy atom. The summed E-state index contributed by atoms with van der Waals surface area (Å²) in [4.78, 5) is 19.4. The first kappa shape index (κ1) is 20.5. The van der Waals surface area contributed by atoms with Crippen LogP contribution in [-0.4, -0.2) is 22.5 Å². The average molecular weight is 453 g/mol. The number of fused-ring (bicyclic) bond motifs is 1. The summed E-state index contributed by atoms with van der Waals surface area (Å²) in [6, 6.07) is 16.8. The summed E-state index contributed by atoms with van der Waals surface area (Å²) in [5.74, 6) is 0.766. The molecule has 0 radical (unpaired) electrons. The van der Waals surface area contributed by atoms with E-state index in [1.54, 1.807) is 54.9 Å². The zero-order chi connectivity index (χ0) is 21.8. The summed E-state index contributed by atoms with van der Waals surface area (Å²) in [5, 5.41) is 12.6. The lowest BCUT2D eigenvalue weighted by molar-refractivity contribution is -0.118. The third kappa shape index (κ3) is 5.25. The molecule has 0 bridgehead atoms. The molecule has 1 aromatic heterocycles. The van der Waals surface area contributed by atoms with Crippen LogP contribution in [0.3, 0.4) is 0 Å². The van der Waals surface area contributed by atoms with Crippen molar-refractivity contribution in [3.05, 3.63) is 76.5 Å². The number of halogens is 2. The van der Waals surface area contributed by atoms with Crippen LogP contribution < -0.4 is 14.8 Å². The third-order valence-electron chi connectivity index (χ3n) is 4.15. The summed E-state index contributed by atoms with van der Waals surface area (Å²) in [6.45, 7) is -0.226. The second-order valence-electron chi connectivity index (χ2n) is 6.48. The Balaban J connectivity index is 1.41. The van der Waals surface area contributed by atoms with Gasteiger partial charge in [-0.2, -0.15) is 5.26 Å². The molecule has 31 heavy (non-hydrogen) atoms. The molecule has 4 rings (SSSR count). The monoisotopic (exact) mass is 452 g/mol. The van der Waals surface area contributed by atoms with Gasteiger partial charge in [-0.25, -0.2) is 4.98 Å². The predicted molar refractivity (Wildman–Crippen MR) is 118 cm³/mol. The first-order valence-corrected chi connectivity index (χ1v) is 9.79. The lowest BCUT2D eigenvalue weighted by Crippen LogP contribution is -2.20. The number of amides is 1. The molecule has 154 valence electrons. The van der Waals surface area contributed by atoms with Crippen molar-refractivity contribution >= 4 is 45.8 Å². The Labute approximate surface area is 187 Å². The first-order chi connectivity index (χ1) is 15.0. The molecule has 0 saturated heterocycles. The summed E-state index contributed by atoms with van der Waals surface area (Å²) >= 11 is 12.2. The minimum absolute atomic E-state index is 0.226. The Kier molecular flexibility index (Phi) is 5.94. The number of rotatable bonds is 6. The van der Waals surface area contributed by atoms with Crippen molar-refractivity contribution in [3.8, 4) is 23.3 Å². The van der Waals surface area contributed by atoms with Gasteiger partial charge in [-0.3, -0.25) is 4.79 Å². The maximum Gasteiger partial charge on any atom is 0.262 e. The topological polar surface area (TPSA) is 100 Å².